The number of carbonyl (C=O) groups excluding carboxylic acids is 4. The van der Waals surface area contributed by atoms with E-state index in [1.807, 2.05) is 0 Å². The van der Waals surface area contributed by atoms with Crippen LogP contribution in [-0.4, -0.2) is 74.9 Å². The molecule has 0 aliphatic heterocycles. The second-order valence-corrected chi connectivity index (χ2v) is 3.15. The van der Waals surface area contributed by atoms with Gasteiger partial charge in [-0.1, -0.05) is 0 Å². The van der Waals surface area contributed by atoms with Crippen molar-refractivity contribution < 1.29 is 42.6 Å². The minimum Gasteiger partial charge on any atom is -0.394 e. The molecule has 0 unspecified atom stereocenters. The molecule has 0 rings (SSSR count). The van der Waals surface area contributed by atoms with E-state index in [1.54, 1.807) is 0 Å². The Balaban J connectivity index is 5.00. The zero-order valence-electron chi connectivity index (χ0n) is 12.9. The topological polar surface area (TPSA) is 116 Å². The summed E-state index contributed by atoms with van der Waals surface area (Å²) in [5, 5.41) is 9.21. The lowest BCUT2D eigenvalue weighted by atomic mass is 10.1. The van der Waals surface area contributed by atoms with Crippen LogP contribution in [0.4, 0.5) is 0 Å². The lowest BCUT2D eigenvalue weighted by molar-refractivity contribution is -0.160. The van der Waals surface area contributed by atoms with Crippen molar-refractivity contribution in [1.82, 2.24) is 0 Å². The summed E-state index contributed by atoms with van der Waals surface area (Å²) in [6.07, 6.45) is -7.34. The van der Waals surface area contributed by atoms with Gasteiger partial charge in [-0.25, -0.2) is 0 Å². The van der Waals surface area contributed by atoms with E-state index in [0.717, 1.165) is 0 Å². The Morgan fingerprint density at radius 1 is 0.947 bits per heavy atom. The highest BCUT2D eigenvalue weighted by atomic mass is 16.6. The van der Waals surface area contributed by atoms with E-state index in [0.29, 0.717) is 0 Å². The van der Waals surface area contributed by atoms with Gasteiger partial charge in [-0.05, 0) is 0 Å². The lowest BCUT2D eigenvalue weighted by Crippen LogP contribution is -2.46. The standard InChI is InChI=1S/C11H16O8/c12-1-4-17-9(7-15)11(19-6-3-14)10(8-16)18-5-2-13/h1-3,7,9-11,16H,4-6,8H2/t9-,10-,11+/m1/s1/i1D,2D,3D. The number of carbonyl (C=O) groups is 4. The molecule has 0 aromatic carbocycles. The van der Waals surface area contributed by atoms with Crippen molar-refractivity contribution in [1.29, 1.82) is 0 Å². The smallest absolute Gasteiger partial charge is 0.151 e. The van der Waals surface area contributed by atoms with Crippen molar-refractivity contribution in [2.45, 2.75) is 18.3 Å². The van der Waals surface area contributed by atoms with E-state index in [4.69, 9.17) is 18.3 Å². The van der Waals surface area contributed by atoms with E-state index in [9.17, 15) is 24.3 Å². The quantitative estimate of drug-likeness (QED) is 0.382. The molecule has 0 saturated carbocycles. The summed E-state index contributed by atoms with van der Waals surface area (Å²) >= 11 is 0. The molecule has 0 aromatic rings. The minimum absolute atomic E-state index is 0.205. The first-order valence-corrected chi connectivity index (χ1v) is 5.21. The highest BCUT2D eigenvalue weighted by Crippen LogP contribution is 2.11. The zero-order chi connectivity index (χ0) is 17.1. The van der Waals surface area contributed by atoms with Crippen LogP contribution in [0.25, 0.3) is 0 Å². The number of aldehydes is 4. The molecule has 0 aliphatic carbocycles. The molecular weight excluding hydrogens is 260 g/mol. The summed E-state index contributed by atoms with van der Waals surface area (Å²) in [5.74, 6) is 0. The van der Waals surface area contributed by atoms with Crippen LogP contribution in [0.5, 0.6) is 0 Å². The highest BCUT2D eigenvalue weighted by molar-refractivity contribution is 5.59. The fourth-order valence-corrected chi connectivity index (χ4v) is 1.28. The summed E-state index contributed by atoms with van der Waals surface area (Å²) in [6.45, 7) is -2.94. The van der Waals surface area contributed by atoms with Gasteiger partial charge in [0.15, 0.2) is 6.29 Å². The van der Waals surface area contributed by atoms with Crippen LogP contribution in [0.1, 0.15) is 4.11 Å². The molecule has 0 aromatic heterocycles. The Morgan fingerprint density at radius 3 is 1.95 bits per heavy atom. The summed E-state index contributed by atoms with van der Waals surface area (Å²) in [7, 11) is 0. The number of hydrogen-bond acceptors (Lipinski definition) is 8. The fraction of sp³-hybridized carbons (Fsp3) is 0.636. The van der Waals surface area contributed by atoms with Crippen molar-refractivity contribution in [2.24, 2.45) is 0 Å². The first-order chi connectivity index (χ1) is 10.3. The monoisotopic (exact) mass is 279 g/mol. The Kier molecular flexibility index (Phi) is 7.66. The number of aliphatic hydroxyl groups is 1. The van der Waals surface area contributed by atoms with Gasteiger partial charge in [-0.3, -0.25) is 0 Å². The molecule has 1 N–H and O–H groups in total. The van der Waals surface area contributed by atoms with Gasteiger partial charge in [0.25, 0.3) is 0 Å². The Hall–Kier alpha value is -1.48. The zero-order valence-corrected chi connectivity index (χ0v) is 9.94. The first kappa shape index (κ1) is 12.5. The molecule has 0 saturated heterocycles. The molecule has 8 nitrogen and oxygen atoms in total. The van der Waals surface area contributed by atoms with Crippen LogP contribution in [0.3, 0.4) is 0 Å². The van der Waals surface area contributed by atoms with E-state index in [2.05, 4.69) is 0 Å². The van der Waals surface area contributed by atoms with Crippen LogP contribution >= 0.6 is 0 Å². The fourth-order valence-electron chi connectivity index (χ4n) is 1.28. The molecule has 8 heteroatoms. The summed E-state index contributed by atoms with van der Waals surface area (Å²) < 4.78 is 34.8. The molecule has 0 radical (unpaired) electrons. The maximum absolute atomic E-state index is 11.0. The highest BCUT2D eigenvalue weighted by Gasteiger charge is 2.31. The average Bonchev–Trinajstić information content (AvgIpc) is 2.43. The molecule has 0 bridgehead atoms. The molecule has 108 valence electrons. The van der Waals surface area contributed by atoms with Gasteiger partial charge in [0, 0.05) is 0 Å². The van der Waals surface area contributed by atoms with Gasteiger partial charge in [-0.15, -0.1) is 0 Å². The van der Waals surface area contributed by atoms with Crippen molar-refractivity contribution in [3.05, 3.63) is 0 Å². The van der Waals surface area contributed by atoms with Crippen LogP contribution in [0.2, 0.25) is 0 Å². The second-order valence-electron chi connectivity index (χ2n) is 3.15. The van der Waals surface area contributed by atoms with Gasteiger partial charge in [-0.2, -0.15) is 0 Å². The van der Waals surface area contributed by atoms with E-state index < -0.39 is 63.5 Å². The number of rotatable bonds is 13. The number of aliphatic hydroxyl groups excluding tert-OH is 1. The third-order valence-electron chi connectivity index (χ3n) is 2.03. The molecule has 0 fully saturated rings. The SMILES string of the molecule is [2H]C(=O)CO[C@@H]([C@@H](C=O)OCC([2H])=O)[C@@H](CO)OCC([2H])=O. The maximum atomic E-state index is 11.0. The lowest BCUT2D eigenvalue weighted by Gasteiger charge is -2.28. The summed E-state index contributed by atoms with van der Waals surface area (Å²) in [5.41, 5.74) is 0. The Bertz CT molecular complexity index is 403. The van der Waals surface area contributed by atoms with E-state index in [1.165, 1.54) is 0 Å². The summed E-state index contributed by atoms with van der Waals surface area (Å²) in [6, 6.07) is 0. The van der Waals surface area contributed by atoms with Crippen molar-refractivity contribution in [3.8, 4) is 0 Å². The molecule has 19 heavy (non-hydrogen) atoms. The molecule has 3 atom stereocenters. The molecular formula is C11H16O8. The summed E-state index contributed by atoms with van der Waals surface area (Å²) in [4.78, 5) is 42.8. The predicted molar refractivity (Wildman–Crippen MR) is 60.6 cm³/mol. The van der Waals surface area contributed by atoms with Gasteiger partial charge < -0.3 is 38.5 Å². The number of hydrogen-bond donors (Lipinski definition) is 1. The minimum atomic E-state index is -1.48. The Morgan fingerprint density at radius 2 is 1.47 bits per heavy atom. The van der Waals surface area contributed by atoms with Crippen molar-refractivity contribution in [2.75, 3.05) is 26.4 Å². The van der Waals surface area contributed by atoms with Crippen molar-refractivity contribution in [3.63, 3.8) is 0 Å². The predicted octanol–water partition coefficient (Wildman–Crippen LogP) is -2.07. The first-order valence-electron chi connectivity index (χ1n) is 6.71. The molecule has 0 aliphatic rings. The molecule has 0 heterocycles. The van der Waals surface area contributed by atoms with Gasteiger partial charge in [0.05, 0.1) is 6.61 Å². The molecule has 0 amide bonds. The third-order valence-corrected chi connectivity index (χ3v) is 2.03. The van der Waals surface area contributed by atoms with E-state index in [-0.39, 0.29) is 6.29 Å². The molecule has 0 spiro atoms. The number of ether oxygens (including phenoxy) is 3. The van der Waals surface area contributed by atoms with Gasteiger partial charge >= 0.3 is 0 Å². The normalized spacial score (nSPS) is 17.4. The van der Waals surface area contributed by atoms with Crippen LogP contribution in [0, 0.1) is 0 Å². The third kappa shape index (κ3) is 6.87. The van der Waals surface area contributed by atoms with Crippen LogP contribution < -0.4 is 0 Å². The second kappa shape index (κ2) is 11.6. The maximum Gasteiger partial charge on any atom is 0.151 e. The van der Waals surface area contributed by atoms with Crippen LogP contribution in [-0.2, 0) is 33.4 Å². The van der Waals surface area contributed by atoms with Gasteiger partial charge in [0.1, 0.15) is 61.0 Å². The van der Waals surface area contributed by atoms with Crippen molar-refractivity contribution >= 4 is 25.1 Å². The Labute approximate surface area is 113 Å². The van der Waals surface area contributed by atoms with E-state index >= 15 is 0 Å². The average molecular weight is 279 g/mol. The van der Waals surface area contributed by atoms with Crippen LogP contribution in [0.15, 0.2) is 0 Å². The largest absolute Gasteiger partial charge is 0.394 e. The van der Waals surface area contributed by atoms with Gasteiger partial charge in [0.2, 0.25) is 0 Å².